The molecule has 0 radical (unpaired) electrons. The molecule has 1 atom stereocenters. The third kappa shape index (κ3) is 4.48. The van der Waals surface area contributed by atoms with E-state index in [9.17, 15) is 4.79 Å². The SMILES string of the molecule is O=C(/C=C/c1ccc2c(c1)OCO2)NCC(c1ccco1)N1CCSCC1. The zero-order chi connectivity index (χ0) is 18.5. The summed E-state index contributed by atoms with van der Waals surface area (Å²) in [6, 6.07) is 9.53. The normalized spacial score (nSPS) is 17.9. The summed E-state index contributed by atoms with van der Waals surface area (Å²) >= 11 is 1.96. The Labute approximate surface area is 162 Å². The molecule has 2 aliphatic heterocycles. The van der Waals surface area contributed by atoms with Gasteiger partial charge in [-0.3, -0.25) is 9.69 Å². The third-order valence-corrected chi connectivity index (χ3v) is 5.59. The molecule has 1 saturated heterocycles. The van der Waals surface area contributed by atoms with Gasteiger partial charge in [-0.05, 0) is 35.9 Å². The second-order valence-corrected chi connectivity index (χ2v) is 7.60. The van der Waals surface area contributed by atoms with Gasteiger partial charge in [0.25, 0.3) is 0 Å². The molecular formula is C20H22N2O4S. The number of hydrogen-bond donors (Lipinski definition) is 1. The van der Waals surface area contributed by atoms with Gasteiger partial charge in [0, 0.05) is 37.2 Å². The van der Waals surface area contributed by atoms with E-state index in [1.54, 1.807) is 18.4 Å². The molecule has 1 aromatic carbocycles. The van der Waals surface area contributed by atoms with Gasteiger partial charge < -0.3 is 19.2 Å². The van der Waals surface area contributed by atoms with Gasteiger partial charge in [-0.1, -0.05) is 6.07 Å². The van der Waals surface area contributed by atoms with E-state index in [1.165, 1.54) is 0 Å². The summed E-state index contributed by atoms with van der Waals surface area (Å²) in [6.07, 6.45) is 5.00. The first kappa shape index (κ1) is 18.0. The van der Waals surface area contributed by atoms with E-state index in [0.29, 0.717) is 12.3 Å². The lowest BCUT2D eigenvalue weighted by atomic mass is 10.1. The van der Waals surface area contributed by atoms with Crippen molar-refractivity contribution in [3.05, 3.63) is 54.0 Å². The average molecular weight is 386 g/mol. The van der Waals surface area contributed by atoms with Gasteiger partial charge in [-0.2, -0.15) is 11.8 Å². The maximum absolute atomic E-state index is 12.3. The highest BCUT2D eigenvalue weighted by molar-refractivity contribution is 7.99. The number of thioether (sulfide) groups is 1. The number of ether oxygens (including phenoxy) is 2. The quantitative estimate of drug-likeness (QED) is 0.770. The largest absolute Gasteiger partial charge is 0.468 e. The molecule has 2 aliphatic rings. The van der Waals surface area contributed by atoms with Gasteiger partial charge in [-0.25, -0.2) is 0 Å². The molecule has 1 amide bonds. The molecule has 0 aliphatic carbocycles. The van der Waals surface area contributed by atoms with E-state index in [-0.39, 0.29) is 18.7 Å². The molecule has 2 aromatic rings. The lowest BCUT2D eigenvalue weighted by Gasteiger charge is -2.33. The van der Waals surface area contributed by atoms with Gasteiger partial charge in [-0.15, -0.1) is 0 Å². The minimum Gasteiger partial charge on any atom is -0.468 e. The molecule has 1 unspecified atom stereocenters. The summed E-state index contributed by atoms with van der Waals surface area (Å²) in [5.74, 6) is 4.42. The number of nitrogens with zero attached hydrogens (tertiary/aromatic N) is 1. The summed E-state index contributed by atoms with van der Waals surface area (Å²) in [5, 5.41) is 3.00. The first-order valence-electron chi connectivity index (χ1n) is 9.00. The van der Waals surface area contributed by atoms with Crippen LogP contribution in [0.25, 0.3) is 6.08 Å². The van der Waals surface area contributed by atoms with Crippen molar-refractivity contribution in [1.82, 2.24) is 10.2 Å². The highest BCUT2D eigenvalue weighted by Crippen LogP contribution is 2.32. The highest BCUT2D eigenvalue weighted by atomic mass is 32.2. The van der Waals surface area contributed by atoms with Crippen molar-refractivity contribution < 1.29 is 18.7 Å². The van der Waals surface area contributed by atoms with Crippen molar-refractivity contribution in [3.8, 4) is 11.5 Å². The second kappa shape index (κ2) is 8.54. The fraction of sp³-hybridized carbons (Fsp3) is 0.350. The fourth-order valence-electron chi connectivity index (χ4n) is 3.22. The summed E-state index contributed by atoms with van der Waals surface area (Å²) < 4.78 is 16.3. The minimum atomic E-state index is -0.129. The number of hydrogen-bond acceptors (Lipinski definition) is 6. The molecule has 0 saturated carbocycles. The molecule has 6 nitrogen and oxygen atoms in total. The number of benzene rings is 1. The second-order valence-electron chi connectivity index (χ2n) is 6.37. The summed E-state index contributed by atoms with van der Waals surface area (Å²) in [6.45, 7) is 2.76. The van der Waals surface area contributed by atoms with Gasteiger partial charge in [0.2, 0.25) is 12.7 Å². The van der Waals surface area contributed by atoms with Gasteiger partial charge in [0.15, 0.2) is 11.5 Å². The number of rotatable bonds is 6. The Hall–Kier alpha value is -2.38. The first-order valence-corrected chi connectivity index (χ1v) is 10.2. The molecule has 0 bridgehead atoms. The van der Waals surface area contributed by atoms with Crippen LogP contribution in [0.3, 0.4) is 0 Å². The summed E-state index contributed by atoms with van der Waals surface area (Å²) in [5.41, 5.74) is 0.894. The number of carbonyl (C=O) groups excluding carboxylic acids is 1. The molecule has 0 spiro atoms. The average Bonchev–Trinajstić information content (AvgIpc) is 3.39. The molecule has 1 aromatic heterocycles. The van der Waals surface area contributed by atoms with Gasteiger partial charge >= 0.3 is 0 Å². The van der Waals surface area contributed by atoms with Gasteiger partial charge in [0.1, 0.15) is 5.76 Å². The van der Waals surface area contributed by atoms with Crippen LogP contribution >= 0.6 is 11.8 Å². The Kier molecular flexibility index (Phi) is 5.69. The molecule has 7 heteroatoms. The highest BCUT2D eigenvalue weighted by Gasteiger charge is 2.24. The number of fused-ring (bicyclic) bond motifs is 1. The van der Waals surface area contributed by atoms with E-state index in [0.717, 1.165) is 41.7 Å². The smallest absolute Gasteiger partial charge is 0.244 e. The standard InChI is InChI=1S/C20H22N2O4S/c23-20(6-4-15-3-5-18-19(12-15)26-14-25-18)21-13-16(17-2-1-9-24-17)22-7-10-27-11-8-22/h1-6,9,12,16H,7-8,10-11,13-14H2,(H,21,23)/b6-4+. The van der Waals surface area contributed by atoms with E-state index < -0.39 is 0 Å². The van der Waals surface area contributed by atoms with Crippen LogP contribution in [0.1, 0.15) is 17.4 Å². The van der Waals surface area contributed by atoms with Crippen LogP contribution in [0.15, 0.2) is 47.1 Å². The zero-order valence-corrected chi connectivity index (χ0v) is 15.7. The number of carbonyl (C=O) groups is 1. The molecule has 27 heavy (non-hydrogen) atoms. The number of amides is 1. The van der Waals surface area contributed by atoms with Crippen molar-refractivity contribution in [1.29, 1.82) is 0 Å². The van der Waals surface area contributed by atoms with Crippen LogP contribution in [-0.2, 0) is 4.79 Å². The topological polar surface area (TPSA) is 63.9 Å². The Morgan fingerprint density at radius 1 is 1.22 bits per heavy atom. The molecule has 3 heterocycles. The molecule has 1 N–H and O–H groups in total. The monoisotopic (exact) mass is 386 g/mol. The van der Waals surface area contributed by atoms with Crippen molar-refractivity contribution >= 4 is 23.7 Å². The van der Waals surface area contributed by atoms with Gasteiger partial charge in [0.05, 0.1) is 12.3 Å². The predicted molar refractivity (Wildman–Crippen MR) is 105 cm³/mol. The van der Waals surface area contributed by atoms with E-state index in [4.69, 9.17) is 13.9 Å². The van der Waals surface area contributed by atoms with E-state index >= 15 is 0 Å². The van der Waals surface area contributed by atoms with Crippen molar-refractivity contribution in [2.75, 3.05) is 37.9 Å². The predicted octanol–water partition coefficient (Wildman–Crippen LogP) is 2.93. The molecular weight excluding hydrogens is 364 g/mol. The van der Waals surface area contributed by atoms with Crippen LogP contribution in [0.4, 0.5) is 0 Å². The Morgan fingerprint density at radius 3 is 2.89 bits per heavy atom. The number of furan rings is 1. The minimum absolute atomic E-state index is 0.0591. The van der Waals surface area contributed by atoms with Crippen molar-refractivity contribution in [3.63, 3.8) is 0 Å². The van der Waals surface area contributed by atoms with Crippen LogP contribution < -0.4 is 14.8 Å². The Bertz CT molecular complexity index is 800. The molecule has 1 fully saturated rings. The Morgan fingerprint density at radius 2 is 2.07 bits per heavy atom. The van der Waals surface area contributed by atoms with Crippen LogP contribution in [-0.4, -0.2) is 48.7 Å². The summed E-state index contributed by atoms with van der Waals surface area (Å²) in [7, 11) is 0. The third-order valence-electron chi connectivity index (χ3n) is 4.65. The van der Waals surface area contributed by atoms with Crippen LogP contribution in [0.5, 0.6) is 11.5 Å². The lowest BCUT2D eigenvalue weighted by molar-refractivity contribution is -0.116. The first-order chi connectivity index (χ1) is 13.3. The number of nitrogens with one attached hydrogen (secondary N) is 1. The van der Waals surface area contributed by atoms with E-state index in [2.05, 4.69) is 10.2 Å². The van der Waals surface area contributed by atoms with Crippen molar-refractivity contribution in [2.45, 2.75) is 6.04 Å². The summed E-state index contributed by atoms with van der Waals surface area (Å²) in [4.78, 5) is 14.7. The zero-order valence-electron chi connectivity index (χ0n) is 14.9. The molecule has 142 valence electrons. The fourth-order valence-corrected chi connectivity index (χ4v) is 4.16. The van der Waals surface area contributed by atoms with E-state index in [1.807, 2.05) is 42.1 Å². The van der Waals surface area contributed by atoms with Crippen LogP contribution in [0, 0.1) is 0 Å². The van der Waals surface area contributed by atoms with Crippen molar-refractivity contribution in [2.24, 2.45) is 0 Å². The Balaban J connectivity index is 1.36. The lowest BCUT2D eigenvalue weighted by Crippen LogP contribution is -2.41. The van der Waals surface area contributed by atoms with Crippen LogP contribution in [0.2, 0.25) is 0 Å². The maximum Gasteiger partial charge on any atom is 0.244 e. The maximum atomic E-state index is 12.3. The molecule has 4 rings (SSSR count).